The van der Waals surface area contributed by atoms with E-state index in [1.54, 1.807) is 6.07 Å². The van der Waals surface area contributed by atoms with E-state index in [0.29, 0.717) is 43.3 Å². The summed E-state index contributed by atoms with van der Waals surface area (Å²) in [5.74, 6) is 2.15. The van der Waals surface area contributed by atoms with Crippen molar-refractivity contribution >= 4 is 17.4 Å². The molecule has 148 valence electrons. The fourth-order valence-corrected chi connectivity index (χ4v) is 3.94. The van der Waals surface area contributed by atoms with Gasteiger partial charge < -0.3 is 20.7 Å². The summed E-state index contributed by atoms with van der Waals surface area (Å²) >= 11 is 0. The fourth-order valence-electron chi connectivity index (χ4n) is 3.94. The molecule has 0 fully saturated rings. The lowest BCUT2D eigenvalue weighted by Gasteiger charge is -2.31. The average molecular weight is 391 g/mol. The van der Waals surface area contributed by atoms with Crippen molar-refractivity contribution in [3.8, 4) is 6.07 Å². The number of amidine groups is 1. The van der Waals surface area contributed by atoms with Gasteiger partial charge in [0.1, 0.15) is 11.6 Å². The zero-order valence-electron chi connectivity index (χ0n) is 16.0. The molecule has 1 amide bonds. The normalized spacial score (nSPS) is 23.4. The second kappa shape index (κ2) is 6.92. The Morgan fingerprint density at radius 3 is 3.03 bits per heavy atom. The fraction of sp³-hybridized carbons (Fsp3) is 0.350. The lowest BCUT2D eigenvalue weighted by Crippen LogP contribution is -2.47. The predicted molar refractivity (Wildman–Crippen MR) is 106 cm³/mol. The van der Waals surface area contributed by atoms with Gasteiger partial charge in [-0.3, -0.25) is 9.79 Å². The molecule has 9 heteroatoms. The number of rotatable bonds is 0. The minimum absolute atomic E-state index is 0.137. The van der Waals surface area contributed by atoms with Crippen molar-refractivity contribution < 1.29 is 9.53 Å². The van der Waals surface area contributed by atoms with Crippen LogP contribution in [-0.4, -0.2) is 42.5 Å². The zero-order chi connectivity index (χ0) is 20.0. The number of carbonyl (C=O) groups is 1. The maximum Gasteiger partial charge on any atom is 0.252 e. The molecule has 0 saturated heterocycles. The molecule has 1 atom stereocenters. The molecular formula is C20H21N7O2. The standard InChI is InChI=1S/C20H21N7O2/c1-11-9-29-10-13-4-12(7-21)5-14(6-13)25-17-15-2-3-22-18(15)27-19(26-17)16(8-23-27)20(28)24-11/h4-6,11,23,25-26H,2-3,8-10H2,1H3,(H,24,28). The van der Waals surface area contributed by atoms with E-state index in [1.165, 1.54) is 0 Å². The Morgan fingerprint density at radius 1 is 1.28 bits per heavy atom. The van der Waals surface area contributed by atoms with Gasteiger partial charge >= 0.3 is 0 Å². The number of nitrogens with one attached hydrogen (secondary N) is 4. The monoisotopic (exact) mass is 391 g/mol. The summed E-state index contributed by atoms with van der Waals surface area (Å²) in [7, 11) is 0. The number of benzene rings is 1. The summed E-state index contributed by atoms with van der Waals surface area (Å²) in [5, 5.41) is 21.1. The number of hydrazine groups is 1. The van der Waals surface area contributed by atoms with Crippen LogP contribution in [0.5, 0.6) is 0 Å². The average Bonchev–Trinajstić information content (AvgIpc) is 3.34. The van der Waals surface area contributed by atoms with E-state index in [9.17, 15) is 10.1 Å². The molecule has 4 bridgehead atoms. The Kier molecular flexibility index (Phi) is 4.23. The smallest absolute Gasteiger partial charge is 0.252 e. The summed E-state index contributed by atoms with van der Waals surface area (Å²) in [6.45, 7) is 3.75. The van der Waals surface area contributed by atoms with E-state index >= 15 is 0 Å². The number of hydrogen-bond acceptors (Lipinski definition) is 8. The van der Waals surface area contributed by atoms with Crippen LogP contribution in [-0.2, 0) is 16.1 Å². The first-order chi connectivity index (χ1) is 14.1. The number of carbonyl (C=O) groups excluding carboxylic acids is 1. The second-order valence-corrected chi connectivity index (χ2v) is 7.48. The van der Waals surface area contributed by atoms with Crippen LogP contribution in [0.4, 0.5) is 5.69 Å². The SMILES string of the molecule is CC1COCc2cc(C#N)cc(c2)NC2=C3CCN=C3N3NCC(=C3N2)C(=O)N1. The quantitative estimate of drug-likeness (QED) is 0.514. The van der Waals surface area contributed by atoms with Crippen LogP contribution in [0, 0.1) is 11.3 Å². The van der Waals surface area contributed by atoms with E-state index in [-0.39, 0.29) is 11.9 Å². The van der Waals surface area contributed by atoms with Gasteiger partial charge in [0.15, 0.2) is 5.84 Å². The lowest BCUT2D eigenvalue weighted by molar-refractivity contribution is -0.118. The Hall–Kier alpha value is -3.35. The van der Waals surface area contributed by atoms with Crippen LogP contribution >= 0.6 is 0 Å². The topological polar surface area (TPSA) is 114 Å². The zero-order valence-corrected chi connectivity index (χ0v) is 16.0. The lowest BCUT2D eigenvalue weighted by atomic mass is 10.1. The predicted octanol–water partition coefficient (Wildman–Crippen LogP) is 0.654. The van der Waals surface area contributed by atoms with Gasteiger partial charge in [-0.05, 0) is 37.1 Å². The van der Waals surface area contributed by atoms with Gasteiger partial charge in [-0.15, -0.1) is 0 Å². The van der Waals surface area contributed by atoms with Gasteiger partial charge in [-0.1, -0.05) is 0 Å². The highest BCUT2D eigenvalue weighted by Crippen LogP contribution is 2.30. The van der Waals surface area contributed by atoms with Crippen LogP contribution < -0.4 is 21.4 Å². The van der Waals surface area contributed by atoms with Gasteiger partial charge in [-0.25, -0.2) is 10.4 Å². The van der Waals surface area contributed by atoms with Crippen molar-refractivity contribution in [2.45, 2.75) is 26.0 Å². The summed E-state index contributed by atoms with van der Waals surface area (Å²) in [6, 6.07) is 7.66. The Labute approximate surface area is 168 Å². The van der Waals surface area contributed by atoms with Crippen LogP contribution in [0.1, 0.15) is 24.5 Å². The molecule has 0 saturated carbocycles. The van der Waals surface area contributed by atoms with Gasteiger partial charge in [0.05, 0.1) is 30.4 Å². The third-order valence-electron chi connectivity index (χ3n) is 5.25. The van der Waals surface area contributed by atoms with E-state index in [4.69, 9.17) is 4.74 Å². The van der Waals surface area contributed by atoms with Crippen LogP contribution in [0.15, 0.2) is 46.0 Å². The van der Waals surface area contributed by atoms with Crippen LogP contribution in [0.3, 0.4) is 0 Å². The minimum Gasteiger partial charge on any atom is -0.375 e. The Bertz CT molecular complexity index is 1030. The van der Waals surface area contributed by atoms with E-state index < -0.39 is 0 Å². The third-order valence-corrected chi connectivity index (χ3v) is 5.25. The van der Waals surface area contributed by atoms with Crippen LogP contribution in [0.25, 0.3) is 0 Å². The molecule has 1 aromatic carbocycles. The molecule has 4 N–H and O–H groups in total. The number of aliphatic imine (C=N–C) groups is 1. The van der Waals surface area contributed by atoms with Gasteiger partial charge in [0.25, 0.3) is 5.91 Å². The summed E-state index contributed by atoms with van der Waals surface area (Å²) in [6.07, 6.45) is 0.794. The maximum atomic E-state index is 12.8. The van der Waals surface area contributed by atoms with Crippen molar-refractivity contribution in [2.75, 3.05) is 25.0 Å². The Morgan fingerprint density at radius 2 is 2.17 bits per heavy atom. The second-order valence-electron chi connectivity index (χ2n) is 7.48. The molecule has 0 radical (unpaired) electrons. The molecule has 29 heavy (non-hydrogen) atoms. The highest BCUT2D eigenvalue weighted by atomic mass is 16.5. The van der Waals surface area contributed by atoms with Gasteiger partial charge in [-0.2, -0.15) is 5.26 Å². The van der Waals surface area contributed by atoms with E-state index in [1.807, 2.05) is 24.1 Å². The molecule has 4 aliphatic heterocycles. The number of nitriles is 1. The van der Waals surface area contributed by atoms with Crippen molar-refractivity contribution in [2.24, 2.45) is 4.99 Å². The molecular weight excluding hydrogens is 370 g/mol. The third kappa shape index (κ3) is 3.12. The Balaban J connectivity index is 1.62. The molecule has 0 spiro atoms. The number of nitrogens with zero attached hydrogens (tertiary/aromatic N) is 3. The molecule has 9 nitrogen and oxygen atoms in total. The highest BCUT2D eigenvalue weighted by molar-refractivity contribution is 6.05. The van der Waals surface area contributed by atoms with Gasteiger partial charge in [0.2, 0.25) is 0 Å². The van der Waals surface area contributed by atoms with E-state index in [2.05, 4.69) is 32.4 Å². The largest absolute Gasteiger partial charge is 0.375 e. The molecule has 4 heterocycles. The van der Waals surface area contributed by atoms with Crippen molar-refractivity contribution in [1.82, 2.24) is 21.1 Å². The maximum absolute atomic E-state index is 12.8. The summed E-state index contributed by atoms with van der Waals surface area (Å²) in [4.78, 5) is 17.5. The summed E-state index contributed by atoms with van der Waals surface area (Å²) in [5.41, 5.74) is 7.16. The first kappa shape index (κ1) is 17.7. The van der Waals surface area contributed by atoms with E-state index in [0.717, 1.165) is 34.9 Å². The van der Waals surface area contributed by atoms with Crippen LogP contribution in [0.2, 0.25) is 0 Å². The molecule has 1 aromatic rings. The molecule has 0 aromatic heterocycles. The number of ether oxygens (including phenoxy) is 1. The molecule has 5 rings (SSSR count). The first-order valence-electron chi connectivity index (χ1n) is 9.64. The van der Waals surface area contributed by atoms with Gasteiger partial charge in [0, 0.05) is 30.4 Å². The number of amides is 1. The summed E-state index contributed by atoms with van der Waals surface area (Å²) < 4.78 is 5.78. The minimum atomic E-state index is -0.151. The van der Waals surface area contributed by atoms with Crippen molar-refractivity contribution in [3.63, 3.8) is 0 Å². The number of hydrogen-bond donors (Lipinski definition) is 4. The van der Waals surface area contributed by atoms with Crippen molar-refractivity contribution in [1.29, 1.82) is 5.26 Å². The molecule has 0 aliphatic carbocycles. The highest BCUT2D eigenvalue weighted by Gasteiger charge is 2.38. The number of anilines is 1. The molecule has 4 aliphatic rings. The number of fused-ring (bicyclic) bond motifs is 5. The molecule has 1 unspecified atom stereocenters. The first-order valence-corrected chi connectivity index (χ1v) is 9.64. The van der Waals surface area contributed by atoms with Crippen molar-refractivity contribution in [3.05, 3.63) is 52.1 Å².